The Morgan fingerprint density at radius 1 is 1.12 bits per heavy atom. The molecule has 0 radical (unpaired) electrons. The maximum atomic E-state index is 11.6. The van der Waals surface area contributed by atoms with Crippen molar-refractivity contribution in [3.8, 4) is 18.2 Å². The van der Waals surface area contributed by atoms with Crippen molar-refractivity contribution in [3.63, 3.8) is 0 Å². The van der Waals surface area contributed by atoms with Crippen LogP contribution >= 0.6 is 0 Å². The van der Waals surface area contributed by atoms with Gasteiger partial charge in [0.15, 0.2) is 0 Å². The number of nitrogens with zero attached hydrogens (tertiary/aromatic N) is 3. The number of carbonyl (C=O) groups is 1. The quantitative estimate of drug-likeness (QED) is 0.829. The maximum Gasteiger partial charge on any atom is 0.306 e. The lowest BCUT2D eigenvalue weighted by molar-refractivity contribution is -0.145. The van der Waals surface area contributed by atoms with Gasteiger partial charge in [0, 0.05) is 6.42 Å². The summed E-state index contributed by atoms with van der Waals surface area (Å²) >= 11 is 0. The highest BCUT2D eigenvalue weighted by molar-refractivity contribution is 5.69. The van der Waals surface area contributed by atoms with Crippen LogP contribution in [-0.2, 0) is 9.53 Å². The highest BCUT2D eigenvalue weighted by Gasteiger charge is 2.30. The van der Waals surface area contributed by atoms with E-state index in [1.165, 1.54) is 6.07 Å². The number of aliphatic hydroxyl groups excluding tert-OH is 1. The predicted molar refractivity (Wildman–Crippen MR) is 83.3 cm³/mol. The lowest BCUT2D eigenvalue weighted by atomic mass is 9.89. The molecule has 1 N–H and O–H groups in total. The molecule has 1 aliphatic rings. The molecule has 122 valence electrons. The van der Waals surface area contributed by atoms with E-state index in [9.17, 15) is 10.1 Å². The molecule has 0 amide bonds. The first-order valence-corrected chi connectivity index (χ1v) is 7.77. The van der Waals surface area contributed by atoms with Crippen LogP contribution in [0.4, 0.5) is 0 Å². The summed E-state index contributed by atoms with van der Waals surface area (Å²) in [5.41, 5.74) is 1.68. The van der Waals surface area contributed by atoms with Crippen LogP contribution < -0.4 is 0 Å². The van der Waals surface area contributed by atoms with Crippen molar-refractivity contribution in [2.45, 2.75) is 31.6 Å². The molecule has 6 heteroatoms. The summed E-state index contributed by atoms with van der Waals surface area (Å²) in [6, 6.07) is 9.14. The second-order valence-electron chi connectivity index (χ2n) is 5.84. The lowest BCUT2D eigenvalue weighted by Gasteiger charge is -2.14. The minimum atomic E-state index is -0.326. The smallest absolute Gasteiger partial charge is 0.306 e. The van der Waals surface area contributed by atoms with E-state index in [2.05, 4.69) is 6.07 Å². The first-order chi connectivity index (χ1) is 11.6. The molecule has 6 nitrogen and oxygen atoms in total. The molecule has 0 bridgehead atoms. The van der Waals surface area contributed by atoms with Crippen molar-refractivity contribution in [1.82, 2.24) is 0 Å². The molecular formula is C18H17N3O3. The van der Waals surface area contributed by atoms with Gasteiger partial charge in [-0.1, -0.05) is 0 Å². The Labute approximate surface area is 140 Å². The van der Waals surface area contributed by atoms with Crippen molar-refractivity contribution in [2.24, 2.45) is 5.92 Å². The number of ether oxygens (including phenoxy) is 1. The molecule has 1 aromatic carbocycles. The molecule has 1 aromatic rings. The van der Waals surface area contributed by atoms with Gasteiger partial charge in [-0.25, -0.2) is 0 Å². The Morgan fingerprint density at radius 3 is 2.42 bits per heavy atom. The molecule has 0 aliphatic heterocycles. The van der Waals surface area contributed by atoms with Crippen LogP contribution in [0.15, 0.2) is 12.1 Å². The number of esters is 1. The number of aliphatic hydroxyl groups is 1. The zero-order valence-corrected chi connectivity index (χ0v) is 13.2. The molecule has 1 saturated carbocycles. The molecule has 0 saturated heterocycles. The molecule has 2 atom stereocenters. The van der Waals surface area contributed by atoms with Crippen LogP contribution in [0.5, 0.6) is 0 Å². The molecule has 24 heavy (non-hydrogen) atoms. The summed E-state index contributed by atoms with van der Waals surface area (Å²) < 4.78 is 4.89. The number of rotatable bonds is 5. The average Bonchev–Trinajstić information content (AvgIpc) is 3.06. The zero-order valence-electron chi connectivity index (χ0n) is 13.2. The lowest BCUT2D eigenvalue weighted by Crippen LogP contribution is -2.12. The molecule has 1 aliphatic carbocycles. The SMILES string of the molecule is N#Cc1cc(C#N)c([C@@H]2CC[C@H](CC(=O)OCCO)C2)cc1C#N. The standard InChI is InChI=1S/C18H17N3O3/c19-9-14-7-16(11-21)17(8-15(14)10-20)13-2-1-12(5-13)6-18(23)24-4-3-22/h7-8,12-13,22H,1-6H2/t12-,13+/m0/s1. The highest BCUT2D eigenvalue weighted by Crippen LogP contribution is 2.41. The van der Waals surface area contributed by atoms with Gasteiger partial charge in [-0.2, -0.15) is 15.8 Å². The number of hydrogen-bond donors (Lipinski definition) is 1. The summed E-state index contributed by atoms with van der Waals surface area (Å²) in [5.74, 6) is -0.0724. The molecule has 0 unspecified atom stereocenters. The summed E-state index contributed by atoms with van der Waals surface area (Å²) in [7, 11) is 0. The van der Waals surface area contributed by atoms with E-state index in [-0.39, 0.29) is 42.1 Å². The van der Waals surface area contributed by atoms with Crippen molar-refractivity contribution >= 4 is 5.97 Å². The van der Waals surface area contributed by atoms with E-state index in [0.29, 0.717) is 12.0 Å². The first-order valence-electron chi connectivity index (χ1n) is 7.77. The average molecular weight is 323 g/mol. The van der Waals surface area contributed by atoms with Gasteiger partial charge in [-0.3, -0.25) is 4.79 Å². The van der Waals surface area contributed by atoms with Crippen LogP contribution in [0.25, 0.3) is 0 Å². The normalized spacial score (nSPS) is 19.1. The van der Waals surface area contributed by atoms with Gasteiger partial charge in [0.05, 0.1) is 29.4 Å². The predicted octanol–water partition coefficient (Wildman–Crippen LogP) is 2.11. The molecule has 0 aromatic heterocycles. The Balaban J connectivity index is 2.14. The third-order valence-corrected chi connectivity index (χ3v) is 4.34. The Hall–Kier alpha value is -2.88. The van der Waals surface area contributed by atoms with Crippen molar-refractivity contribution in [2.75, 3.05) is 13.2 Å². The highest BCUT2D eigenvalue weighted by atomic mass is 16.5. The zero-order chi connectivity index (χ0) is 17.5. The third-order valence-electron chi connectivity index (χ3n) is 4.34. The van der Waals surface area contributed by atoms with E-state index in [4.69, 9.17) is 20.4 Å². The van der Waals surface area contributed by atoms with Gasteiger partial charge in [-0.15, -0.1) is 0 Å². The summed E-state index contributed by atoms with van der Waals surface area (Å²) in [4.78, 5) is 11.6. The second-order valence-corrected chi connectivity index (χ2v) is 5.84. The van der Waals surface area contributed by atoms with Gasteiger partial charge in [0.2, 0.25) is 0 Å². The molecule has 0 heterocycles. The van der Waals surface area contributed by atoms with E-state index in [1.54, 1.807) is 6.07 Å². The minimum absolute atomic E-state index is 0.00864. The van der Waals surface area contributed by atoms with Gasteiger partial charge in [0.25, 0.3) is 0 Å². The van der Waals surface area contributed by atoms with Crippen molar-refractivity contribution in [3.05, 3.63) is 34.4 Å². The van der Waals surface area contributed by atoms with Gasteiger partial charge >= 0.3 is 5.97 Å². The fourth-order valence-corrected chi connectivity index (χ4v) is 3.23. The summed E-state index contributed by atoms with van der Waals surface area (Å²) in [5, 5.41) is 36.2. The number of benzene rings is 1. The summed E-state index contributed by atoms with van der Waals surface area (Å²) in [6.07, 6.45) is 2.69. The fraction of sp³-hybridized carbons (Fsp3) is 0.444. The van der Waals surface area contributed by atoms with E-state index < -0.39 is 0 Å². The van der Waals surface area contributed by atoms with E-state index in [1.807, 2.05) is 12.1 Å². The van der Waals surface area contributed by atoms with Crippen LogP contribution in [-0.4, -0.2) is 24.3 Å². The Kier molecular flexibility index (Phi) is 5.90. The largest absolute Gasteiger partial charge is 0.463 e. The van der Waals surface area contributed by atoms with Crippen LogP contribution in [0, 0.1) is 39.9 Å². The van der Waals surface area contributed by atoms with E-state index in [0.717, 1.165) is 24.8 Å². The van der Waals surface area contributed by atoms with Crippen LogP contribution in [0.3, 0.4) is 0 Å². The molecule has 0 spiro atoms. The number of hydrogen-bond acceptors (Lipinski definition) is 6. The molecule has 2 rings (SSSR count). The van der Waals surface area contributed by atoms with Gasteiger partial charge in [-0.05, 0) is 48.8 Å². The monoisotopic (exact) mass is 323 g/mol. The molecule has 1 fully saturated rings. The topological polar surface area (TPSA) is 118 Å². The van der Waals surface area contributed by atoms with Gasteiger partial charge < -0.3 is 9.84 Å². The summed E-state index contributed by atoms with van der Waals surface area (Å²) in [6.45, 7) is -0.179. The van der Waals surface area contributed by atoms with Crippen LogP contribution in [0.2, 0.25) is 0 Å². The number of carbonyl (C=O) groups excluding carboxylic acids is 1. The van der Waals surface area contributed by atoms with Gasteiger partial charge in [0.1, 0.15) is 18.7 Å². The number of nitriles is 3. The minimum Gasteiger partial charge on any atom is -0.463 e. The maximum absolute atomic E-state index is 11.6. The van der Waals surface area contributed by atoms with Crippen molar-refractivity contribution in [1.29, 1.82) is 15.8 Å². The fourth-order valence-electron chi connectivity index (χ4n) is 3.23. The Morgan fingerprint density at radius 2 is 1.79 bits per heavy atom. The molecular weight excluding hydrogens is 306 g/mol. The van der Waals surface area contributed by atoms with Crippen LogP contribution in [0.1, 0.15) is 53.9 Å². The van der Waals surface area contributed by atoms with E-state index >= 15 is 0 Å². The first kappa shape index (κ1) is 17.5. The third kappa shape index (κ3) is 3.90. The Bertz CT molecular complexity index is 752. The second kappa shape index (κ2) is 8.11. The van der Waals surface area contributed by atoms with Crippen molar-refractivity contribution < 1.29 is 14.6 Å².